The first kappa shape index (κ1) is 16.1. The third-order valence-electron chi connectivity index (χ3n) is 4.07. The van der Waals surface area contributed by atoms with Crippen LogP contribution in [0.1, 0.15) is 18.1 Å². The lowest BCUT2D eigenvalue weighted by atomic mass is 10.1. The Bertz CT molecular complexity index is 797. The lowest BCUT2D eigenvalue weighted by Crippen LogP contribution is -2.40. The molecule has 0 bridgehead atoms. The maximum atomic E-state index is 12.4. The predicted molar refractivity (Wildman–Crippen MR) is 95.7 cm³/mol. The van der Waals surface area contributed by atoms with E-state index >= 15 is 0 Å². The highest BCUT2D eigenvalue weighted by Crippen LogP contribution is 2.15. The van der Waals surface area contributed by atoms with Crippen molar-refractivity contribution in [1.29, 1.82) is 0 Å². The smallest absolute Gasteiger partial charge is 0.317 e. The van der Waals surface area contributed by atoms with Crippen molar-refractivity contribution in [3.8, 4) is 0 Å². The van der Waals surface area contributed by atoms with Crippen LogP contribution in [0.15, 0.2) is 55.0 Å². The van der Waals surface area contributed by atoms with Gasteiger partial charge < -0.3 is 15.2 Å². The number of carbonyl (C=O) groups is 1. The summed E-state index contributed by atoms with van der Waals surface area (Å²) in [5.41, 5.74) is 3.37. The molecule has 24 heavy (non-hydrogen) atoms. The SMILES string of the molecule is CCN(Cc1ccc2[nH]ccc2c1)C(=O)NCCc1cccnc1. The molecule has 0 aliphatic rings. The number of aromatic nitrogens is 2. The van der Waals surface area contributed by atoms with Crippen LogP contribution in [-0.2, 0) is 13.0 Å². The topological polar surface area (TPSA) is 61.0 Å². The summed E-state index contributed by atoms with van der Waals surface area (Å²) in [4.78, 5) is 21.5. The summed E-state index contributed by atoms with van der Waals surface area (Å²) in [7, 11) is 0. The first-order chi connectivity index (χ1) is 11.8. The number of hydrogen-bond donors (Lipinski definition) is 2. The van der Waals surface area contributed by atoms with Crippen LogP contribution in [-0.4, -0.2) is 34.0 Å². The van der Waals surface area contributed by atoms with E-state index in [1.54, 1.807) is 6.20 Å². The standard InChI is InChI=1S/C19H22N4O/c1-2-23(14-16-5-6-18-17(12-16)8-11-21-18)19(24)22-10-7-15-4-3-9-20-13-15/h3-6,8-9,11-13,21H,2,7,10,14H2,1H3,(H,22,24). The summed E-state index contributed by atoms with van der Waals surface area (Å²) in [6.45, 7) is 3.88. The molecule has 2 N–H and O–H groups in total. The van der Waals surface area contributed by atoms with Crippen molar-refractivity contribution < 1.29 is 4.79 Å². The van der Waals surface area contributed by atoms with E-state index in [0.29, 0.717) is 19.6 Å². The van der Waals surface area contributed by atoms with Crippen molar-refractivity contribution in [2.75, 3.05) is 13.1 Å². The number of urea groups is 1. The minimum Gasteiger partial charge on any atom is -0.361 e. The van der Waals surface area contributed by atoms with Gasteiger partial charge in [0.05, 0.1) is 0 Å². The maximum Gasteiger partial charge on any atom is 0.317 e. The quantitative estimate of drug-likeness (QED) is 0.731. The van der Waals surface area contributed by atoms with Crippen LogP contribution in [0.4, 0.5) is 4.79 Å². The molecule has 5 heteroatoms. The summed E-state index contributed by atoms with van der Waals surface area (Å²) < 4.78 is 0. The molecule has 0 unspecified atom stereocenters. The van der Waals surface area contributed by atoms with Crippen LogP contribution in [0.3, 0.4) is 0 Å². The van der Waals surface area contributed by atoms with Crippen molar-refractivity contribution in [2.24, 2.45) is 0 Å². The van der Waals surface area contributed by atoms with E-state index in [9.17, 15) is 4.79 Å². The van der Waals surface area contributed by atoms with Crippen LogP contribution < -0.4 is 5.32 Å². The fourth-order valence-electron chi connectivity index (χ4n) is 2.72. The number of nitrogens with zero attached hydrogens (tertiary/aromatic N) is 2. The number of rotatable bonds is 6. The third kappa shape index (κ3) is 3.93. The number of benzene rings is 1. The summed E-state index contributed by atoms with van der Waals surface area (Å²) in [5, 5.41) is 4.15. The molecule has 3 aromatic rings. The van der Waals surface area contributed by atoms with E-state index in [-0.39, 0.29) is 6.03 Å². The number of carbonyl (C=O) groups excluding carboxylic acids is 1. The van der Waals surface area contributed by atoms with Crippen molar-refractivity contribution in [2.45, 2.75) is 19.9 Å². The van der Waals surface area contributed by atoms with Gasteiger partial charge in [0.15, 0.2) is 0 Å². The van der Waals surface area contributed by atoms with Gasteiger partial charge in [-0.2, -0.15) is 0 Å². The fraction of sp³-hybridized carbons (Fsp3) is 0.263. The number of nitrogens with one attached hydrogen (secondary N) is 2. The number of fused-ring (bicyclic) bond motifs is 1. The lowest BCUT2D eigenvalue weighted by molar-refractivity contribution is 0.198. The minimum absolute atomic E-state index is 0.0319. The third-order valence-corrected chi connectivity index (χ3v) is 4.07. The first-order valence-electron chi connectivity index (χ1n) is 8.24. The number of H-pyrrole nitrogens is 1. The molecule has 0 aliphatic carbocycles. The zero-order valence-electron chi connectivity index (χ0n) is 13.8. The Kier molecular flexibility index (Phi) is 5.11. The molecular formula is C19H22N4O. The highest BCUT2D eigenvalue weighted by Gasteiger charge is 2.11. The molecule has 0 radical (unpaired) electrons. The molecular weight excluding hydrogens is 300 g/mol. The second-order valence-corrected chi connectivity index (χ2v) is 5.76. The number of pyridine rings is 1. The second kappa shape index (κ2) is 7.64. The van der Waals surface area contributed by atoms with E-state index < -0.39 is 0 Å². The van der Waals surface area contributed by atoms with Gasteiger partial charge in [-0.25, -0.2) is 4.79 Å². The number of amides is 2. The van der Waals surface area contributed by atoms with Crippen molar-refractivity contribution in [3.63, 3.8) is 0 Å². The van der Waals surface area contributed by atoms with Gasteiger partial charge in [-0.3, -0.25) is 4.98 Å². The fourth-order valence-corrected chi connectivity index (χ4v) is 2.72. The van der Waals surface area contributed by atoms with Crippen LogP contribution in [0.5, 0.6) is 0 Å². The van der Waals surface area contributed by atoms with Gasteiger partial charge in [0, 0.05) is 43.7 Å². The lowest BCUT2D eigenvalue weighted by Gasteiger charge is -2.21. The van der Waals surface area contributed by atoms with Gasteiger partial charge >= 0.3 is 6.03 Å². The zero-order valence-corrected chi connectivity index (χ0v) is 13.8. The normalized spacial score (nSPS) is 10.7. The molecule has 3 rings (SSSR count). The molecule has 0 saturated heterocycles. The van der Waals surface area contributed by atoms with Crippen molar-refractivity contribution in [3.05, 3.63) is 66.1 Å². The molecule has 0 aliphatic heterocycles. The monoisotopic (exact) mass is 322 g/mol. The molecule has 124 valence electrons. The molecule has 0 saturated carbocycles. The second-order valence-electron chi connectivity index (χ2n) is 5.76. The Labute approximate surface area is 141 Å². The zero-order chi connectivity index (χ0) is 16.8. The van der Waals surface area contributed by atoms with Gasteiger partial charge in [0.2, 0.25) is 0 Å². The summed E-state index contributed by atoms with van der Waals surface area (Å²) in [6.07, 6.45) is 6.29. The molecule has 2 heterocycles. The highest BCUT2D eigenvalue weighted by molar-refractivity contribution is 5.80. The van der Waals surface area contributed by atoms with Crippen molar-refractivity contribution >= 4 is 16.9 Å². The van der Waals surface area contributed by atoms with Crippen LogP contribution >= 0.6 is 0 Å². The average Bonchev–Trinajstić information content (AvgIpc) is 3.08. The molecule has 2 aromatic heterocycles. The predicted octanol–water partition coefficient (Wildman–Crippen LogP) is 3.34. The van der Waals surface area contributed by atoms with Crippen LogP contribution in [0, 0.1) is 0 Å². The first-order valence-corrected chi connectivity index (χ1v) is 8.24. The summed E-state index contributed by atoms with van der Waals surface area (Å²) >= 11 is 0. The number of hydrogen-bond acceptors (Lipinski definition) is 2. The van der Waals surface area contributed by atoms with Gasteiger partial charge in [-0.1, -0.05) is 12.1 Å². The Morgan fingerprint density at radius 2 is 2.17 bits per heavy atom. The Morgan fingerprint density at radius 1 is 1.25 bits per heavy atom. The van der Waals surface area contributed by atoms with Crippen LogP contribution in [0.25, 0.3) is 10.9 Å². The average molecular weight is 322 g/mol. The Morgan fingerprint density at radius 3 is 2.96 bits per heavy atom. The number of aromatic amines is 1. The largest absolute Gasteiger partial charge is 0.361 e. The molecule has 0 fully saturated rings. The highest BCUT2D eigenvalue weighted by atomic mass is 16.2. The van der Waals surface area contributed by atoms with Gasteiger partial charge in [-0.05, 0) is 54.1 Å². The molecule has 2 amide bonds. The Balaban J connectivity index is 1.55. The van der Waals surface area contributed by atoms with Gasteiger partial charge in [-0.15, -0.1) is 0 Å². The maximum absolute atomic E-state index is 12.4. The van der Waals surface area contributed by atoms with Crippen LogP contribution in [0.2, 0.25) is 0 Å². The Hall–Kier alpha value is -2.82. The van der Waals surface area contributed by atoms with E-state index in [1.165, 1.54) is 5.39 Å². The minimum atomic E-state index is -0.0319. The summed E-state index contributed by atoms with van der Waals surface area (Å²) in [6, 6.07) is 12.2. The van der Waals surface area contributed by atoms with E-state index in [1.807, 2.05) is 42.4 Å². The van der Waals surface area contributed by atoms with Gasteiger partial charge in [0.25, 0.3) is 0 Å². The molecule has 1 aromatic carbocycles. The van der Waals surface area contributed by atoms with Crippen molar-refractivity contribution in [1.82, 2.24) is 20.2 Å². The van der Waals surface area contributed by atoms with E-state index in [0.717, 1.165) is 23.1 Å². The molecule has 5 nitrogen and oxygen atoms in total. The molecule has 0 spiro atoms. The van der Waals surface area contributed by atoms with Gasteiger partial charge in [0.1, 0.15) is 0 Å². The molecule has 0 atom stereocenters. The van der Waals surface area contributed by atoms with E-state index in [4.69, 9.17) is 0 Å². The summed E-state index contributed by atoms with van der Waals surface area (Å²) in [5.74, 6) is 0. The van der Waals surface area contributed by atoms with E-state index in [2.05, 4.69) is 33.5 Å².